The molecular weight excluding hydrogens is 244 g/mol. The standard InChI is InChI=1S/C15H15ClN2/c16-13-7-11(8-14(17)9-13)10-18-6-5-12-3-1-2-4-15(12)18/h1-4,7-9H,5-6,10,17H2. The van der Waals surface area contributed by atoms with Gasteiger partial charge >= 0.3 is 0 Å². The lowest BCUT2D eigenvalue weighted by Gasteiger charge is -2.19. The van der Waals surface area contributed by atoms with Crippen molar-refractivity contribution in [3.05, 3.63) is 58.6 Å². The Labute approximate surface area is 112 Å². The van der Waals surface area contributed by atoms with Crippen molar-refractivity contribution in [1.82, 2.24) is 0 Å². The van der Waals surface area contributed by atoms with E-state index < -0.39 is 0 Å². The molecule has 2 aromatic carbocycles. The second-order valence-corrected chi connectivity index (χ2v) is 5.13. The van der Waals surface area contributed by atoms with Crippen LogP contribution in [0.1, 0.15) is 11.1 Å². The van der Waals surface area contributed by atoms with Crippen LogP contribution in [0.4, 0.5) is 11.4 Å². The van der Waals surface area contributed by atoms with Crippen LogP contribution in [0.2, 0.25) is 5.02 Å². The largest absolute Gasteiger partial charge is 0.399 e. The highest BCUT2D eigenvalue weighted by atomic mass is 35.5. The number of rotatable bonds is 2. The van der Waals surface area contributed by atoms with Gasteiger partial charge in [0.05, 0.1) is 0 Å². The Kier molecular flexibility index (Phi) is 2.88. The van der Waals surface area contributed by atoms with Gasteiger partial charge in [-0.05, 0) is 41.8 Å². The van der Waals surface area contributed by atoms with Crippen molar-refractivity contribution in [3.63, 3.8) is 0 Å². The molecule has 1 heterocycles. The number of anilines is 2. The van der Waals surface area contributed by atoms with E-state index in [4.69, 9.17) is 17.3 Å². The van der Waals surface area contributed by atoms with E-state index in [2.05, 4.69) is 29.2 Å². The third-order valence-corrected chi connectivity index (χ3v) is 3.55. The number of hydrogen-bond acceptors (Lipinski definition) is 2. The van der Waals surface area contributed by atoms with Crippen LogP contribution in [-0.4, -0.2) is 6.54 Å². The highest BCUT2D eigenvalue weighted by Crippen LogP contribution is 2.29. The summed E-state index contributed by atoms with van der Waals surface area (Å²) in [7, 11) is 0. The van der Waals surface area contributed by atoms with Gasteiger partial charge in [0.1, 0.15) is 0 Å². The number of nitrogens with two attached hydrogens (primary N) is 1. The Morgan fingerprint density at radius 1 is 1.17 bits per heavy atom. The topological polar surface area (TPSA) is 29.3 Å². The summed E-state index contributed by atoms with van der Waals surface area (Å²) in [5.74, 6) is 0. The summed E-state index contributed by atoms with van der Waals surface area (Å²) in [6.45, 7) is 1.92. The van der Waals surface area contributed by atoms with E-state index in [1.165, 1.54) is 11.3 Å². The maximum Gasteiger partial charge on any atom is 0.0430 e. The maximum absolute atomic E-state index is 6.04. The molecule has 1 aliphatic heterocycles. The molecule has 92 valence electrons. The third kappa shape index (κ3) is 2.16. The van der Waals surface area contributed by atoms with Gasteiger partial charge in [0, 0.05) is 29.5 Å². The molecule has 1 aliphatic rings. The Morgan fingerprint density at radius 3 is 2.83 bits per heavy atom. The van der Waals surface area contributed by atoms with Crippen LogP contribution < -0.4 is 10.6 Å². The predicted octanol–water partition coefficient (Wildman–Crippen LogP) is 3.48. The predicted molar refractivity (Wildman–Crippen MR) is 77.1 cm³/mol. The van der Waals surface area contributed by atoms with Crippen molar-refractivity contribution in [2.24, 2.45) is 0 Å². The summed E-state index contributed by atoms with van der Waals surface area (Å²) >= 11 is 6.04. The molecule has 2 nitrogen and oxygen atoms in total. The lowest BCUT2D eigenvalue weighted by atomic mass is 10.1. The minimum Gasteiger partial charge on any atom is -0.399 e. The molecule has 2 N–H and O–H groups in total. The molecule has 18 heavy (non-hydrogen) atoms. The molecule has 0 atom stereocenters. The number of fused-ring (bicyclic) bond motifs is 1. The molecule has 2 aromatic rings. The Morgan fingerprint density at radius 2 is 2.00 bits per heavy atom. The molecule has 0 radical (unpaired) electrons. The van der Waals surface area contributed by atoms with Crippen molar-refractivity contribution in [3.8, 4) is 0 Å². The van der Waals surface area contributed by atoms with Gasteiger partial charge in [-0.25, -0.2) is 0 Å². The van der Waals surface area contributed by atoms with Crippen LogP contribution in [0.25, 0.3) is 0 Å². The molecule has 0 aromatic heterocycles. The number of nitrogens with zero attached hydrogens (tertiary/aromatic N) is 1. The molecular formula is C15H15ClN2. The molecule has 0 aliphatic carbocycles. The lowest BCUT2D eigenvalue weighted by Crippen LogP contribution is -2.19. The molecule has 3 rings (SSSR count). The molecule has 0 fully saturated rings. The molecule has 0 unspecified atom stereocenters. The van der Waals surface area contributed by atoms with Crippen molar-refractivity contribution >= 4 is 23.0 Å². The van der Waals surface area contributed by atoms with Gasteiger partial charge < -0.3 is 10.6 Å². The van der Waals surface area contributed by atoms with Crippen LogP contribution in [0.5, 0.6) is 0 Å². The van der Waals surface area contributed by atoms with Crippen molar-refractivity contribution < 1.29 is 0 Å². The second-order valence-electron chi connectivity index (χ2n) is 4.69. The van der Waals surface area contributed by atoms with Gasteiger partial charge in [-0.2, -0.15) is 0 Å². The van der Waals surface area contributed by atoms with Gasteiger partial charge in [0.25, 0.3) is 0 Å². The van der Waals surface area contributed by atoms with Gasteiger partial charge in [0.2, 0.25) is 0 Å². The highest BCUT2D eigenvalue weighted by molar-refractivity contribution is 6.30. The lowest BCUT2D eigenvalue weighted by molar-refractivity contribution is 0.836. The average molecular weight is 259 g/mol. The Bertz CT molecular complexity index is 560. The summed E-state index contributed by atoms with van der Waals surface area (Å²) in [6.07, 6.45) is 1.12. The number of benzene rings is 2. The zero-order valence-corrected chi connectivity index (χ0v) is 10.8. The van der Waals surface area contributed by atoms with Crippen LogP contribution in [-0.2, 0) is 13.0 Å². The minimum absolute atomic E-state index is 0.706. The van der Waals surface area contributed by atoms with E-state index in [-0.39, 0.29) is 0 Å². The van der Waals surface area contributed by atoms with Crippen LogP contribution in [0.15, 0.2) is 42.5 Å². The smallest absolute Gasteiger partial charge is 0.0430 e. The Balaban J connectivity index is 1.86. The molecule has 0 saturated carbocycles. The first kappa shape index (κ1) is 11.4. The molecule has 0 saturated heterocycles. The van der Waals surface area contributed by atoms with E-state index in [0.717, 1.165) is 30.8 Å². The average Bonchev–Trinajstić information content (AvgIpc) is 2.72. The molecule has 0 spiro atoms. The SMILES string of the molecule is Nc1cc(Cl)cc(CN2CCc3ccccc32)c1. The van der Waals surface area contributed by atoms with Crippen molar-refractivity contribution in [2.45, 2.75) is 13.0 Å². The van der Waals surface area contributed by atoms with Crippen LogP contribution >= 0.6 is 11.6 Å². The van der Waals surface area contributed by atoms with Gasteiger partial charge in [-0.3, -0.25) is 0 Å². The van der Waals surface area contributed by atoms with Crippen LogP contribution in [0, 0.1) is 0 Å². The molecule has 0 bridgehead atoms. The van der Waals surface area contributed by atoms with Gasteiger partial charge in [0.15, 0.2) is 0 Å². The molecule has 3 heteroatoms. The Hall–Kier alpha value is -1.67. The number of para-hydroxylation sites is 1. The quantitative estimate of drug-likeness (QED) is 0.836. The monoisotopic (exact) mass is 258 g/mol. The van der Waals surface area contributed by atoms with E-state index in [1.54, 1.807) is 6.07 Å². The molecule has 0 amide bonds. The normalized spacial score (nSPS) is 13.7. The van der Waals surface area contributed by atoms with E-state index >= 15 is 0 Å². The fraction of sp³-hybridized carbons (Fsp3) is 0.200. The minimum atomic E-state index is 0.706. The first-order valence-electron chi connectivity index (χ1n) is 6.10. The zero-order valence-electron chi connectivity index (χ0n) is 10.1. The van der Waals surface area contributed by atoms with Crippen molar-refractivity contribution in [1.29, 1.82) is 0 Å². The van der Waals surface area contributed by atoms with E-state index in [0.29, 0.717) is 5.02 Å². The van der Waals surface area contributed by atoms with Gasteiger partial charge in [-0.15, -0.1) is 0 Å². The third-order valence-electron chi connectivity index (χ3n) is 3.34. The summed E-state index contributed by atoms with van der Waals surface area (Å²) in [5, 5.41) is 0.706. The number of nitrogen functional groups attached to an aromatic ring is 1. The van der Waals surface area contributed by atoms with E-state index in [9.17, 15) is 0 Å². The summed E-state index contributed by atoms with van der Waals surface area (Å²) in [6, 6.07) is 14.3. The maximum atomic E-state index is 6.04. The first-order chi connectivity index (χ1) is 8.72. The fourth-order valence-electron chi connectivity index (χ4n) is 2.56. The summed E-state index contributed by atoms with van der Waals surface area (Å²) in [4.78, 5) is 2.38. The number of halogens is 1. The number of hydrogen-bond donors (Lipinski definition) is 1. The second kappa shape index (κ2) is 4.54. The summed E-state index contributed by atoms with van der Waals surface area (Å²) < 4.78 is 0. The highest BCUT2D eigenvalue weighted by Gasteiger charge is 2.18. The van der Waals surface area contributed by atoms with Crippen LogP contribution in [0.3, 0.4) is 0 Å². The summed E-state index contributed by atoms with van der Waals surface area (Å²) in [5.41, 5.74) is 10.5. The van der Waals surface area contributed by atoms with Gasteiger partial charge in [-0.1, -0.05) is 29.8 Å². The zero-order chi connectivity index (χ0) is 12.5. The van der Waals surface area contributed by atoms with Crippen molar-refractivity contribution in [2.75, 3.05) is 17.2 Å². The first-order valence-corrected chi connectivity index (χ1v) is 6.48. The fourth-order valence-corrected chi connectivity index (χ4v) is 2.82. The van der Waals surface area contributed by atoms with E-state index in [1.807, 2.05) is 12.1 Å².